The molecule has 0 amide bonds. The Hall–Kier alpha value is -0.545. The average Bonchev–Trinajstić information content (AvgIpc) is 1.27. The van der Waals surface area contributed by atoms with Crippen molar-refractivity contribution in [3.63, 3.8) is 0 Å². The lowest BCUT2D eigenvalue weighted by atomic mass is 9.87. The van der Waals surface area contributed by atoms with E-state index in [1.54, 1.807) is 0 Å². The van der Waals surface area contributed by atoms with Crippen LogP contribution in [0.25, 0.3) is 0 Å². The summed E-state index contributed by atoms with van der Waals surface area (Å²) in [5.41, 5.74) is 0. The third kappa shape index (κ3) is 5.45. The summed E-state index contributed by atoms with van der Waals surface area (Å²) in [7, 11) is -1.72. The number of carboxylic acids is 1. The van der Waals surface area contributed by atoms with E-state index >= 15 is 0 Å². The topological polar surface area (TPSA) is 77.8 Å². The van der Waals surface area contributed by atoms with Gasteiger partial charge < -0.3 is 15.2 Å². The Bertz CT molecular complexity index is 70.1. The fraction of sp³-hybridized carbons (Fsp3) is 0.500. The van der Waals surface area contributed by atoms with E-state index in [1.807, 2.05) is 0 Å². The summed E-state index contributed by atoms with van der Waals surface area (Å²) >= 11 is 0. The van der Waals surface area contributed by atoms with E-state index in [2.05, 4.69) is 0 Å². The van der Waals surface area contributed by atoms with Crippen LogP contribution in [0.1, 0.15) is 0 Å². The van der Waals surface area contributed by atoms with E-state index in [0.29, 0.717) is 0 Å². The lowest BCUT2D eigenvalue weighted by Crippen LogP contribution is -2.15. The van der Waals surface area contributed by atoms with Crippen LogP contribution in [0.3, 0.4) is 0 Å². The molecule has 0 heterocycles. The van der Waals surface area contributed by atoms with Gasteiger partial charge in [-0.05, 0) is 0 Å². The zero-order valence-corrected chi connectivity index (χ0v) is 3.53. The molecule has 0 rings (SSSR count). The van der Waals surface area contributed by atoms with Crippen molar-refractivity contribution in [2.75, 3.05) is 0 Å². The van der Waals surface area contributed by atoms with Gasteiger partial charge in [-0.25, -0.2) is 0 Å². The summed E-state index contributed by atoms with van der Waals surface area (Å²) in [4.78, 5) is 9.49. The van der Waals surface area contributed by atoms with Crippen LogP contribution < -0.4 is 0 Å². The molecule has 0 aliphatic carbocycles. The maximum Gasteiger partial charge on any atom is 0.462 e. The molecular weight excluding hydrogens is 98.8 g/mol. The first kappa shape index (κ1) is 6.45. The highest BCUT2D eigenvalue weighted by Crippen LogP contribution is 1.79. The molecule has 3 N–H and O–H groups in total. The third-order valence-electron chi connectivity index (χ3n) is 0.357. The van der Waals surface area contributed by atoms with Crippen molar-refractivity contribution in [2.45, 2.75) is 6.32 Å². The summed E-state index contributed by atoms with van der Waals surface area (Å²) in [6.45, 7) is 0. The summed E-state index contributed by atoms with van der Waals surface area (Å²) in [6, 6.07) is 0. The number of hydrogen-bond donors (Lipinski definition) is 3. The lowest BCUT2D eigenvalue weighted by Gasteiger charge is -1.86. The van der Waals surface area contributed by atoms with Gasteiger partial charge in [-0.2, -0.15) is 0 Å². The number of rotatable bonds is 2. The Kier molecular flexibility index (Phi) is 2.40. The van der Waals surface area contributed by atoms with Gasteiger partial charge in [-0.3, -0.25) is 4.79 Å². The largest absolute Gasteiger partial charge is 0.482 e. The fourth-order valence-electron chi connectivity index (χ4n) is 0.156. The zero-order chi connectivity index (χ0) is 5.86. The van der Waals surface area contributed by atoms with E-state index in [1.165, 1.54) is 0 Å². The molecule has 0 aromatic rings. The number of hydrogen-bond acceptors (Lipinski definition) is 3. The normalized spacial score (nSPS) is 8.29. The minimum absolute atomic E-state index is 0.611. The second-order valence-electron chi connectivity index (χ2n) is 1.08. The molecule has 0 aromatic carbocycles. The molecule has 0 atom stereocenters. The first-order valence-electron chi connectivity index (χ1n) is 1.71. The Balaban J connectivity index is 3.13. The van der Waals surface area contributed by atoms with Gasteiger partial charge in [0.2, 0.25) is 0 Å². The van der Waals surface area contributed by atoms with Crippen molar-refractivity contribution in [1.82, 2.24) is 0 Å². The van der Waals surface area contributed by atoms with Crippen LogP contribution in [0.5, 0.6) is 0 Å². The van der Waals surface area contributed by atoms with Crippen molar-refractivity contribution in [2.24, 2.45) is 0 Å². The Labute approximate surface area is 40.5 Å². The van der Waals surface area contributed by atoms with Crippen LogP contribution >= 0.6 is 0 Å². The monoisotopic (exact) mass is 104 g/mol. The minimum Gasteiger partial charge on any atom is -0.482 e. The molecule has 0 bridgehead atoms. The van der Waals surface area contributed by atoms with Gasteiger partial charge in [-0.15, -0.1) is 0 Å². The summed E-state index contributed by atoms with van der Waals surface area (Å²) in [5.74, 6) is -1.21. The predicted octanol–water partition coefficient (Wildman–Crippen LogP) is -1.46. The van der Waals surface area contributed by atoms with E-state index in [-0.39, 0.29) is 0 Å². The van der Waals surface area contributed by atoms with E-state index < -0.39 is 19.4 Å². The maximum absolute atomic E-state index is 9.49. The van der Waals surface area contributed by atoms with E-state index in [4.69, 9.17) is 15.2 Å². The molecule has 0 aliphatic rings. The quantitative estimate of drug-likeness (QED) is 0.374. The molecule has 0 spiro atoms. The van der Waals surface area contributed by atoms with Gasteiger partial charge in [0.15, 0.2) is 0 Å². The van der Waals surface area contributed by atoms with Gasteiger partial charge >= 0.3 is 13.1 Å². The predicted molar refractivity (Wildman–Crippen MR) is 22.6 cm³/mol. The van der Waals surface area contributed by atoms with Crippen molar-refractivity contribution >= 4 is 13.1 Å². The van der Waals surface area contributed by atoms with Crippen LogP contribution in [0.2, 0.25) is 6.32 Å². The van der Waals surface area contributed by atoms with Crippen molar-refractivity contribution in [1.29, 1.82) is 0 Å². The van der Waals surface area contributed by atoms with Crippen LogP contribution in [-0.4, -0.2) is 28.2 Å². The SMILES string of the molecule is O=C(O)CB(O)O. The first-order valence-corrected chi connectivity index (χ1v) is 1.71. The molecule has 0 radical (unpaired) electrons. The third-order valence-corrected chi connectivity index (χ3v) is 0.357. The fourth-order valence-corrected chi connectivity index (χ4v) is 0.156. The standard InChI is InChI=1S/C2H5BO4/c4-2(5)1-3(6)7/h6-7H,1H2,(H,4,5). The molecule has 0 unspecified atom stereocenters. The summed E-state index contributed by atoms with van der Waals surface area (Å²) < 4.78 is 0. The second kappa shape index (κ2) is 2.60. The van der Waals surface area contributed by atoms with Crippen LogP contribution in [0, 0.1) is 0 Å². The minimum atomic E-state index is -1.72. The smallest absolute Gasteiger partial charge is 0.462 e. The molecule has 7 heavy (non-hydrogen) atoms. The van der Waals surface area contributed by atoms with Gasteiger partial charge in [0.25, 0.3) is 0 Å². The summed E-state index contributed by atoms with van der Waals surface area (Å²) in [5, 5.41) is 23.6. The highest BCUT2D eigenvalue weighted by atomic mass is 16.4. The Morgan fingerprint density at radius 2 is 2.00 bits per heavy atom. The van der Waals surface area contributed by atoms with Crippen LogP contribution in [0.4, 0.5) is 0 Å². The van der Waals surface area contributed by atoms with Crippen LogP contribution in [0.15, 0.2) is 0 Å². The molecule has 0 fully saturated rings. The number of aliphatic carboxylic acids is 1. The molecule has 4 nitrogen and oxygen atoms in total. The molecule has 0 aliphatic heterocycles. The second-order valence-corrected chi connectivity index (χ2v) is 1.08. The molecule has 40 valence electrons. The highest BCUT2D eigenvalue weighted by molar-refractivity contribution is 6.45. The van der Waals surface area contributed by atoms with Crippen molar-refractivity contribution in [3.05, 3.63) is 0 Å². The van der Waals surface area contributed by atoms with E-state index in [0.717, 1.165) is 0 Å². The molecule has 5 heteroatoms. The lowest BCUT2D eigenvalue weighted by molar-refractivity contribution is -0.134. The zero-order valence-electron chi connectivity index (χ0n) is 3.53. The average molecular weight is 104 g/mol. The van der Waals surface area contributed by atoms with Gasteiger partial charge in [0.1, 0.15) is 0 Å². The molecule has 0 saturated heterocycles. The Morgan fingerprint density at radius 3 is 2.00 bits per heavy atom. The maximum atomic E-state index is 9.49. The van der Waals surface area contributed by atoms with Crippen molar-refractivity contribution < 1.29 is 19.9 Å². The first-order chi connectivity index (χ1) is 3.13. The number of carbonyl (C=O) groups is 1. The van der Waals surface area contributed by atoms with Gasteiger partial charge in [-0.1, -0.05) is 0 Å². The molecule has 0 aromatic heterocycles. The van der Waals surface area contributed by atoms with Crippen LogP contribution in [-0.2, 0) is 4.79 Å². The highest BCUT2D eigenvalue weighted by Gasteiger charge is 2.10. The molecule has 0 saturated carbocycles. The van der Waals surface area contributed by atoms with E-state index in [9.17, 15) is 4.79 Å². The summed E-state index contributed by atoms with van der Waals surface area (Å²) in [6.07, 6.45) is -0.611. The molecular formula is C2H5BO4. The van der Waals surface area contributed by atoms with Gasteiger partial charge in [0.05, 0.1) is 6.32 Å². The van der Waals surface area contributed by atoms with Gasteiger partial charge in [0, 0.05) is 0 Å². The van der Waals surface area contributed by atoms with Crippen molar-refractivity contribution in [3.8, 4) is 0 Å². The Morgan fingerprint density at radius 1 is 1.57 bits per heavy atom. The number of carboxylic acid groups (broad SMARTS) is 1.